The Morgan fingerprint density at radius 3 is 1.38 bits per heavy atom. The molecule has 0 aliphatic carbocycles. The van der Waals surface area contributed by atoms with Crippen LogP contribution in [0.3, 0.4) is 0 Å². The minimum atomic E-state index is 1.20. The van der Waals surface area contributed by atoms with Gasteiger partial charge in [0.25, 0.3) is 0 Å². The smallest absolute Gasteiger partial charge is 0.187 e. The Morgan fingerprint density at radius 1 is 0.615 bits per heavy atom. The van der Waals surface area contributed by atoms with Crippen molar-refractivity contribution in [3.63, 3.8) is 0 Å². The van der Waals surface area contributed by atoms with Gasteiger partial charge >= 0.3 is 0 Å². The minimum absolute atomic E-state index is 1.20. The number of anilines is 5. The normalized spacial score (nSPS) is 13.8. The number of hydrogen-bond donors (Lipinski definition) is 0. The molecule has 2 aromatic carbocycles. The molecule has 1 aliphatic rings. The van der Waals surface area contributed by atoms with Gasteiger partial charge in [0.05, 0.1) is 22.7 Å². The summed E-state index contributed by atoms with van der Waals surface area (Å²) < 4.78 is 0. The highest BCUT2D eigenvalue weighted by molar-refractivity contribution is 5.91. The zero-order chi connectivity index (χ0) is 19.2. The highest BCUT2D eigenvalue weighted by Gasteiger charge is 2.35. The number of nitrogens with zero attached hydrogens (tertiary/aromatic N) is 5. The van der Waals surface area contributed by atoms with Gasteiger partial charge in [0, 0.05) is 67.6 Å². The molecule has 0 fully saturated rings. The van der Waals surface area contributed by atoms with Gasteiger partial charge in [-0.15, -0.1) is 0 Å². The van der Waals surface area contributed by atoms with Crippen LogP contribution in [-0.2, 0) is 0 Å². The van der Waals surface area contributed by atoms with Gasteiger partial charge in [-0.3, -0.25) is 0 Å². The molecule has 0 N–H and O–H groups in total. The van der Waals surface area contributed by atoms with Crippen LogP contribution < -0.4 is 24.5 Å². The van der Waals surface area contributed by atoms with Crippen LogP contribution in [0, 0.1) is 6.17 Å². The van der Waals surface area contributed by atoms with Crippen LogP contribution in [-0.4, -0.2) is 56.4 Å². The van der Waals surface area contributed by atoms with E-state index in [2.05, 4.69) is 117 Å². The van der Waals surface area contributed by atoms with Gasteiger partial charge in [0.15, 0.2) is 6.17 Å². The fraction of sp³-hybridized carbons (Fsp3) is 0.381. The SMILES string of the molecule is CN(C)c1ccc([C]2N(C)c3cc(N(C)C)c(N(C)C)cc3N2C)cc1. The Hall–Kier alpha value is -2.56. The van der Waals surface area contributed by atoms with E-state index in [1.165, 1.54) is 40.2 Å². The van der Waals surface area contributed by atoms with E-state index < -0.39 is 0 Å². The second-order valence-electron chi connectivity index (χ2n) is 7.50. The van der Waals surface area contributed by atoms with Crippen LogP contribution >= 0.6 is 0 Å². The molecule has 0 bridgehead atoms. The largest absolute Gasteiger partial charge is 0.378 e. The summed E-state index contributed by atoms with van der Waals surface area (Å²) in [5.74, 6) is 0. The average Bonchev–Trinajstić information content (AvgIpc) is 2.84. The Bertz CT molecular complexity index is 739. The van der Waals surface area contributed by atoms with Crippen LogP contribution in [0.15, 0.2) is 36.4 Å². The van der Waals surface area contributed by atoms with Crippen LogP contribution in [0.1, 0.15) is 5.56 Å². The predicted octanol–water partition coefficient (Wildman–Crippen LogP) is 3.31. The fourth-order valence-corrected chi connectivity index (χ4v) is 3.56. The van der Waals surface area contributed by atoms with Gasteiger partial charge in [-0.05, 0) is 24.3 Å². The van der Waals surface area contributed by atoms with E-state index in [0.29, 0.717) is 0 Å². The summed E-state index contributed by atoms with van der Waals surface area (Å²) >= 11 is 0. The maximum absolute atomic E-state index is 2.28. The molecule has 2 aromatic rings. The summed E-state index contributed by atoms with van der Waals surface area (Å²) in [7, 11) is 16.8. The van der Waals surface area contributed by atoms with E-state index in [9.17, 15) is 0 Å². The summed E-state index contributed by atoms with van der Waals surface area (Å²) in [6.45, 7) is 0. The monoisotopic (exact) mass is 352 g/mol. The third kappa shape index (κ3) is 2.91. The van der Waals surface area contributed by atoms with Crippen molar-refractivity contribution in [3.8, 4) is 0 Å². The van der Waals surface area contributed by atoms with E-state index in [1.807, 2.05) is 0 Å². The standard InChI is InChI=1S/C21H30N5/c1-22(2)16-11-9-15(10-12-16)21-25(7)19-13-17(23(3)4)18(24(5)6)14-20(19)26(21)8/h9-14H,1-8H3. The van der Waals surface area contributed by atoms with E-state index in [-0.39, 0.29) is 0 Å². The maximum atomic E-state index is 2.28. The van der Waals surface area contributed by atoms with Crippen molar-refractivity contribution in [2.75, 3.05) is 80.9 Å². The predicted molar refractivity (Wildman–Crippen MR) is 115 cm³/mol. The lowest BCUT2D eigenvalue weighted by Crippen LogP contribution is -2.31. The van der Waals surface area contributed by atoms with Crippen molar-refractivity contribution in [1.29, 1.82) is 0 Å². The second kappa shape index (κ2) is 6.63. The molecule has 0 saturated carbocycles. The Balaban J connectivity index is 2.04. The molecule has 0 unspecified atom stereocenters. The number of fused-ring (bicyclic) bond motifs is 1. The molecule has 0 aromatic heterocycles. The van der Waals surface area contributed by atoms with Gasteiger partial charge in [-0.2, -0.15) is 0 Å². The first-order valence-corrected chi connectivity index (χ1v) is 8.87. The van der Waals surface area contributed by atoms with Gasteiger partial charge < -0.3 is 24.5 Å². The van der Waals surface area contributed by atoms with E-state index in [1.54, 1.807) is 0 Å². The van der Waals surface area contributed by atoms with Crippen LogP contribution in [0.25, 0.3) is 0 Å². The highest BCUT2D eigenvalue weighted by Crippen LogP contribution is 2.48. The summed E-state index contributed by atoms with van der Waals surface area (Å²) in [5.41, 5.74) is 7.33. The van der Waals surface area contributed by atoms with Crippen molar-refractivity contribution in [2.24, 2.45) is 0 Å². The Labute approximate surface area is 158 Å². The first-order chi connectivity index (χ1) is 12.2. The first-order valence-electron chi connectivity index (χ1n) is 8.87. The zero-order valence-corrected chi connectivity index (χ0v) is 17.2. The lowest BCUT2D eigenvalue weighted by atomic mass is 10.1. The topological polar surface area (TPSA) is 16.2 Å². The first kappa shape index (κ1) is 18.2. The molecule has 1 heterocycles. The Kier molecular flexibility index (Phi) is 4.65. The van der Waals surface area contributed by atoms with Gasteiger partial charge in [0.2, 0.25) is 0 Å². The molecule has 5 nitrogen and oxygen atoms in total. The van der Waals surface area contributed by atoms with Crippen molar-refractivity contribution >= 4 is 28.4 Å². The number of rotatable bonds is 4. The molecule has 139 valence electrons. The third-order valence-corrected chi connectivity index (χ3v) is 5.04. The molecule has 0 saturated heterocycles. The summed E-state index contributed by atoms with van der Waals surface area (Å²) in [5, 5.41) is 0. The van der Waals surface area contributed by atoms with Crippen molar-refractivity contribution < 1.29 is 0 Å². The Morgan fingerprint density at radius 2 is 1.04 bits per heavy atom. The maximum Gasteiger partial charge on any atom is 0.187 e. The second-order valence-corrected chi connectivity index (χ2v) is 7.50. The summed E-state index contributed by atoms with van der Waals surface area (Å²) in [6, 6.07) is 13.3. The van der Waals surface area contributed by atoms with Crippen LogP contribution in [0.2, 0.25) is 0 Å². The van der Waals surface area contributed by atoms with Gasteiger partial charge in [-0.25, -0.2) is 0 Å². The molecular formula is C21H30N5. The molecule has 0 amide bonds. The molecule has 0 spiro atoms. The summed E-state index contributed by atoms with van der Waals surface area (Å²) in [6.07, 6.45) is 1.20. The molecule has 1 radical (unpaired) electrons. The lowest BCUT2D eigenvalue weighted by Gasteiger charge is -2.27. The van der Waals surface area contributed by atoms with Crippen molar-refractivity contribution in [1.82, 2.24) is 0 Å². The molecule has 1 aliphatic heterocycles. The molecule has 0 atom stereocenters. The minimum Gasteiger partial charge on any atom is -0.378 e. The van der Waals surface area contributed by atoms with Crippen LogP contribution in [0.5, 0.6) is 0 Å². The number of benzene rings is 2. The molecular weight excluding hydrogens is 322 g/mol. The molecule has 3 rings (SSSR count). The van der Waals surface area contributed by atoms with Gasteiger partial charge in [-0.1, -0.05) is 12.1 Å². The van der Waals surface area contributed by atoms with E-state index >= 15 is 0 Å². The summed E-state index contributed by atoms with van der Waals surface area (Å²) in [4.78, 5) is 11.0. The third-order valence-electron chi connectivity index (χ3n) is 5.04. The van der Waals surface area contributed by atoms with E-state index in [0.717, 1.165) is 0 Å². The highest BCUT2D eigenvalue weighted by atomic mass is 15.4. The fourth-order valence-electron chi connectivity index (χ4n) is 3.56. The average molecular weight is 353 g/mol. The van der Waals surface area contributed by atoms with E-state index in [4.69, 9.17) is 0 Å². The zero-order valence-electron chi connectivity index (χ0n) is 17.2. The van der Waals surface area contributed by atoms with Gasteiger partial charge in [0.1, 0.15) is 0 Å². The number of hydrogen-bond acceptors (Lipinski definition) is 5. The molecule has 26 heavy (non-hydrogen) atoms. The van der Waals surface area contributed by atoms with Crippen LogP contribution in [0.4, 0.5) is 28.4 Å². The lowest BCUT2D eigenvalue weighted by molar-refractivity contribution is 0.909. The van der Waals surface area contributed by atoms with Crippen molar-refractivity contribution in [3.05, 3.63) is 48.1 Å². The molecule has 5 heteroatoms. The quantitative estimate of drug-likeness (QED) is 0.837. The van der Waals surface area contributed by atoms with Crippen molar-refractivity contribution in [2.45, 2.75) is 0 Å².